The molecule has 0 spiro atoms. The van der Waals surface area contributed by atoms with Crippen molar-refractivity contribution in [3.8, 4) is 6.07 Å². The highest BCUT2D eigenvalue weighted by Crippen LogP contribution is 2.17. The first-order valence-corrected chi connectivity index (χ1v) is 6.47. The van der Waals surface area contributed by atoms with Crippen LogP contribution in [-0.2, 0) is 0 Å². The van der Waals surface area contributed by atoms with E-state index in [0.717, 1.165) is 17.3 Å². The number of hydrogen-bond acceptors (Lipinski definition) is 5. The maximum Gasteiger partial charge on any atom is 0.136 e. The minimum absolute atomic E-state index is 0.448. The van der Waals surface area contributed by atoms with Crippen molar-refractivity contribution in [3.63, 3.8) is 0 Å². The van der Waals surface area contributed by atoms with Crippen molar-refractivity contribution < 1.29 is 0 Å². The molecule has 0 aliphatic heterocycles. The van der Waals surface area contributed by atoms with Crippen LogP contribution in [0, 0.1) is 25.2 Å². The average Bonchev–Trinajstić information content (AvgIpc) is 2.41. The van der Waals surface area contributed by atoms with Gasteiger partial charge in [-0.05, 0) is 26.0 Å². The van der Waals surface area contributed by atoms with Crippen LogP contribution >= 0.6 is 0 Å². The molecule has 1 aromatic heterocycles. The monoisotopic (exact) mass is 267 g/mol. The summed E-state index contributed by atoms with van der Waals surface area (Å²) in [6.07, 6.45) is 0.448. The van der Waals surface area contributed by atoms with Crippen LogP contribution in [0.4, 0.5) is 17.3 Å². The number of rotatable bonds is 5. The molecule has 0 amide bonds. The minimum Gasteiger partial charge on any atom is -0.369 e. The van der Waals surface area contributed by atoms with Gasteiger partial charge in [0.25, 0.3) is 0 Å². The Kier molecular flexibility index (Phi) is 4.51. The summed E-state index contributed by atoms with van der Waals surface area (Å²) in [5.74, 6) is 2.14. The third-order valence-electron chi connectivity index (χ3n) is 2.70. The first-order valence-electron chi connectivity index (χ1n) is 6.47. The molecule has 1 heterocycles. The van der Waals surface area contributed by atoms with Crippen LogP contribution in [-0.4, -0.2) is 16.5 Å². The van der Waals surface area contributed by atoms with Crippen LogP contribution in [0.25, 0.3) is 0 Å². The zero-order valence-corrected chi connectivity index (χ0v) is 11.6. The molecule has 2 N–H and O–H groups in total. The fourth-order valence-electron chi connectivity index (χ4n) is 1.75. The van der Waals surface area contributed by atoms with Crippen molar-refractivity contribution >= 4 is 17.3 Å². The molecule has 0 atom stereocenters. The Bertz CT molecular complexity index is 613. The van der Waals surface area contributed by atoms with Gasteiger partial charge in [-0.15, -0.1) is 0 Å². The number of anilines is 3. The maximum atomic E-state index is 8.54. The minimum atomic E-state index is 0.448. The Morgan fingerprint density at radius 3 is 2.50 bits per heavy atom. The summed E-state index contributed by atoms with van der Waals surface area (Å²) in [7, 11) is 0. The topological polar surface area (TPSA) is 73.6 Å². The molecule has 0 saturated heterocycles. The smallest absolute Gasteiger partial charge is 0.136 e. The normalized spacial score (nSPS) is 9.85. The van der Waals surface area contributed by atoms with Gasteiger partial charge in [0.2, 0.25) is 0 Å². The quantitative estimate of drug-likeness (QED) is 0.814. The number of aryl methyl sites for hydroxylation is 2. The Labute approximate surface area is 118 Å². The van der Waals surface area contributed by atoms with Crippen LogP contribution in [0.15, 0.2) is 30.3 Å². The SMILES string of the molecule is Cc1ccc(Nc2cc(NCCC#N)nc(C)n2)cc1. The Hall–Kier alpha value is -2.61. The number of nitrogens with zero attached hydrogens (tertiary/aromatic N) is 3. The van der Waals surface area contributed by atoms with Gasteiger partial charge in [0.15, 0.2) is 0 Å². The van der Waals surface area contributed by atoms with Gasteiger partial charge >= 0.3 is 0 Å². The molecule has 5 heteroatoms. The predicted molar refractivity (Wildman–Crippen MR) is 80.0 cm³/mol. The molecule has 2 aromatic rings. The van der Waals surface area contributed by atoms with Gasteiger partial charge < -0.3 is 10.6 Å². The summed E-state index contributed by atoms with van der Waals surface area (Å²) >= 11 is 0. The van der Waals surface area contributed by atoms with Crippen molar-refractivity contribution in [3.05, 3.63) is 41.7 Å². The summed E-state index contributed by atoms with van der Waals surface area (Å²) in [5, 5.41) is 14.9. The Morgan fingerprint density at radius 1 is 1.10 bits per heavy atom. The number of benzene rings is 1. The Morgan fingerprint density at radius 2 is 1.80 bits per heavy atom. The molecule has 0 unspecified atom stereocenters. The van der Waals surface area contributed by atoms with Crippen LogP contribution in [0.2, 0.25) is 0 Å². The largest absolute Gasteiger partial charge is 0.369 e. The van der Waals surface area contributed by atoms with Gasteiger partial charge in [0.1, 0.15) is 17.5 Å². The lowest BCUT2D eigenvalue weighted by molar-refractivity contribution is 1.01. The van der Waals surface area contributed by atoms with Gasteiger partial charge in [-0.2, -0.15) is 5.26 Å². The average molecular weight is 267 g/mol. The fourth-order valence-corrected chi connectivity index (χ4v) is 1.75. The van der Waals surface area contributed by atoms with Crippen LogP contribution in [0.1, 0.15) is 17.8 Å². The number of nitrogens with one attached hydrogen (secondary N) is 2. The number of hydrogen-bond donors (Lipinski definition) is 2. The number of aromatic nitrogens is 2. The predicted octanol–water partition coefficient (Wildman–Crippen LogP) is 3.16. The first-order chi connectivity index (χ1) is 9.67. The summed E-state index contributed by atoms with van der Waals surface area (Å²) in [6.45, 7) is 4.47. The molecule has 0 aliphatic carbocycles. The summed E-state index contributed by atoms with van der Waals surface area (Å²) in [4.78, 5) is 8.64. The maximum absolute atomic E-state index is 8.54. The molecule has 0 saturated carbocycles. The first kappa shape index (κ1) is 13.8. The van der Waals surface area contributed by atoms with E-state index in [0.29, 0.717) is 18.8 Å². The third kappa shape index (κ3) is 3.95. The molecule has 0 fully saturated rings. The van der Waals surface area contributed by atoms with Gasteiger partial charge in [-0.1, -0.05) is 17.7 Å². The van der Waals surface area contributed by atoms with Crippen molar-refractivity contribution in [2.45, 2.75) is 20.3 Å². The molecular weight excluding hydrogens is 250 g/mol. The zero-order chi connectivity index (χ0) is 14.4. The number of nitriles is 1. The molecule has 2 rings (SSSR count). The van der Waals surface area contributed by atoms with Crippen LogP contribution < -0.4 is 10.6 Å². The highest BCUT2D eigenvalue weighted by molar-refractivity contribution is 5.59. The van der Waals surface area contributed by atoms with E-state index in [1.807, 2.05) is 37.3 Å². The second-order valence-corrected chi connectivity index (χ2v) is 4.51. The summed E-state index contributed by atoms with van der Waals surface area (Å²) < 4.78 is 0. The van der Waals surface area contributed by atoms with E-state index in [4.69, 9.17) is 5.26 Å². The second kappa shape index (κ2) is 6.53. The lowest BCUT2D eigenvalue weighted by atomic mass is 10.2. The Balaban J connectivity index is 2.11. The standard InChI is InChI=1S/C15H17N5/c1-11-4-6-13(7-5-11)20-15-10-14(17-9-3-8-16)18-12(2)19-15/h4-7,10H,3,9H2,1-2H3,(H2,17,18,19,20). The molecular formula is C15H17N5. The van der Waals surface area contributed by atoms with Gasteiger partial charge in [-0.3, -0.25) is 0 Å². The van der Waals surface area contributed by atoms with Gasteiger partial charge in [-0.25, -0.2) is 9.97 Å². The molecule has 102 valence electrons. The lowest BCUT2D eigenvalue weighted by Crippen LogP contribution is -2.05. The van der Waals surface area contributed by atoms with E-state index in [1.54, 1.807) is 0 Å². The highest BCUT2D eigenvalue weighted by Gasteiger charge is 2.02. The molecule has 20 heavy (non-hydrogen) atoms. The van der Waals surface area contributed by atoms with E-state index in [9.17, 15) is 0 Å². The van der Waals surface area contributed by atoms with Crippen molar-refractivity contribution in [1.82, 2.24) is 9.97 Å². The van der Waals surface area contributed by atoms with Gasteiger partial charge in [0.05, 0.1) is 12.5 Å². The van der Waals surface area contributed by atoms with E-state index >= 15 is 0 Å². The van der Waals surface area contributed by atoms with Crippen LogP contribution in [0.3, 0.4) is 0 Å². The molecule has 0 bridgehead atoms. The van der Waals surface area contributed by atoms with Crippen molar-refractivity contribution in [1.29, 1.82) is 5.26 Å². The molecule has 0 radical (unpaired) electrons. The lowest BCUT2D eigenvalue weighted by Gasteiger charge is -2.09. The van der Waals surface area contributed by atoms with E-state index in [-0.39, 0.29) is 0 Å². The second-order valence-electron chi connectivity index (χ2n) is 4.51. The van der Waals surface area contributed by atoms with Crippen molar-refractivity contribution in [2.24, 2.45) is 0 Å². The summed E-state index contributed by atoms with van der Waals surface area (Å²) in [5.41, 5.74) is 2.20. The van der Waals surface area contributed by atoms with E-state index in [1.165, 1.54) is 5.56 Å². The highest BCUT2D eigenvalue weighted by atomic mass is 15.1. The molecule has 0 aliphatic rings. The third-order valence-corrected chi connectivity index (χ3v) is 2.70. The van der Waals surface area contributed by atoms with Crippen molar-refractivity contribution in [2.75, 3.05) is 17.2 Å². The van der Waals surface area contributed by atoms with E-state index < -0.39 is 0 Å². The van der Waals surface area contributed by atoms with Crippen LogP contribution in [0.5, 0.6) is 0 Å². The van der Waals surface area contributed by atoms with Gasteiger partial charge in [0, 0.05) is 18.3 Å². The molecule has 1 aromatic carbocycles. The fraction of sp³-hybridized carbons (Fsp3) is 0.267. The molecule has 5 nitrogen and oxygen atoms in total. The van der Waals surface area contributed by atoms with E-state index in [2.05, 4.69) is 33.6 Å². The summed E-state index contributed by atoms with van der Waals surface area (Å²) in [6, 6.07) is 12.0. The zero-order valence-electron chi connectivity index (χ0n) is 11.6.